The molecule has 0 aliphatic rings. The van der Waals surface area contributed by atoms with Crippen molar-refractivity contribution < 1.29 is 4.74 Å². The Labute approximate surface area is 89.2 Å². The van der Waals surface area contributed by atoms with Gasteiger partial charge in [-0.05, 0) is 19.4 Å². The van der Waals surface area contributed by atoms with Crippen molar-refractivity contribution in [3.05, 3.63) is 18.0 Å². The first-order valence-electron chi connectivity index (χ1n) is 4.71. The highest BCUT2D eigenvalue weighted by molar-refractivity contribution is 5.65. The summed E-state index contributed by atoms with van der Waals surface area (Å²) in [5, 5.41) is 0. The zero-order valence-electron chi connectivity index (χ0n) is 8.97. The lowest BCUT2D eigenvalue weighted by atomic mass is 10.2. The summed E-state index contributed by atoms with van der Waals surface area (Å²) >= 11 is 0. The molecule has 1 heterocycles. The van der Waals surface area contributed by atoms with E-state index >= 15 is 0 Å². The third kappa shape index (κ3) is 3.21. The summed E-state index contributed by atoms with van der Waals surface area (Å²) in [6.45, 7) is 1.94. The van der Waals surface area contributed by atoms with Gasteiger partial charge in [0.15, 0.2) is 0 Å². The summed E-state index contributed by atoms with van der Waals surface area (Å²) in [4.78, 5) is 7.85. The third-order valence-electron chi connectivity index (χ3n) is 1.86. The summed E-state index contributed by atoms with van der Waals surface area (Å²) in [6, 6.07) is 0.123. The van der Waals surface area contributed by atoms with Crippen molar-refractivity contribution >= 4 is 11.9 Å². The third-order valence-corrected chi connectivity index (χ3v) is 1.86. The molecule has 82 valence electrons. The van der Waals surface area contributed by atoms with E-state index < -0.39 is 0 Å². The number of nitrogens with two attached hydrogens (primary N) is 2. The molecule has 0 saturated carbocycles. The van der Waals surface area contributed by atoms with Crippen LogP contribution >= 0.6 is 0 Å². The standard InChI is InChI=1S/C10H16N4O/c1-7(11)4-3-5-8-9(12)13-6-14-10(8)15-2/h3,5-7H,4,11H2,1-2H3,(H2,12,13,14)/b5-3+/t7-/m0/s1. The molecule has 0 aliphatic heterocycles. The Kier molecular flexibility index (Phi) is 4.05. The molecule has 0 saturated heterocycles. The highest BCUT2D eigenvalue weighted by Gasteiger charge is 2.05. The van der Waals surface area contributed by atoms with Gasteiger partial charge in [-0.3, -0.25) is 0 Å². The fourth-order valence-electron chi connectivity index (χ4n) is 1.11. The molecule has 0 unspecified atom stereocenters. The lowest BCUT2D eigenvalue weighted by molar-refractivity contribution is 0.396. The Hall–Kier alpha value is -1.62. The maximum atomic E-state index is 5.70. The fourth-order valence-corrected chi connectivity index (χ4v) is 1.11. The number of methoxy groups -OCH3 is 1. The lowest BCUT2D eigenvalue weighted by Crippen LogP contribution is -2.12. The number of nitrogen functional groups attached to an aromatic ring is 1. The van der Waals surface area contributed by atoms with Gasteiger partial charge < -0.3 is 16.2 Å². The maximum Gasteiger partial charge on any atom is 0.225 e. The number of nitrogens with zero attached hydrogens (tertiary/aromatic N) is 2. The summed E-state index contributed by atoms with van der Waals surface area (Å²) < 4.78 is 5.07. The van der Waals surface area contributed by atoms with E-state index in [1.807, 2.05) is 19.1 Å². The number of ether oxygens (including phenoxy) is 1. The molecule has 0 amide bonds. The van der Waals surface area contributed by atoms with Crippen LogP contribution in [-0.2, 0) is 0 Å². The van der Waals surface area contributed by atoms with Crippen LogP contribution in [0.5, 0.6) is 5.88 Å². The Morgan fingerprint density at radius 2 is 2.27 bits per heavy atom. The van der Waals surface area contributed by atoms with Gasteiger partial charge in [0.25, 0.3) is 0 Å². The van der Waals surface area contributed by atoms with Gasteiger partial charge in [0.1, 0.15) is 12.1 Å². The first-order chi connectivity index (χ1) is 7.15. The molecule has 5 nitrogen and oxygen atoms in total. The summed E-state index contributed by atoms with van der Waals surface area (Å²) in [5.41, 5.74) is 12.0. The monoisotopic (exact) mass is 208 g/mol. The average molecular weight is 208 g/mol. The second kappa shape index (κ2) is 5.31. The van der Waals surface area contributed by atoms with E-state index in [2.05, 4.69) is 9.97 Å². The molecular weight excluding hydrogens is 192 g/mol. The van der Waals surface area contributed by atoms with Gasteiger partial charge in [-0.2, -0.15) is 0 Å². The minimum atomic E-state index is 0.123. The number of anilines is 1. The number of hydrogen-bond acceptors (Lipinski definition) is 5. The van der Waals surface area contributed by atoms with Gasteiger partial charge in [-0.15, -0.1) is 0 Å². The highest BCUT2D eigenvalue weighted by Crippen LogP contribution is 2.20. The lowest BCUT2D eigenvalue weighted by Gasteiger charge is -2.05. The van der Waals surface area contributed by atoms with Crippen LogP contribution in [-0.4, -0.2) is 23.1 Å². The van der Waals surface area contributed by atoms with E-state index in [1.165, 1.54) is 6.33 Å². The molecule has 0 aliphatic carbocycles. The first kappa shape index (κ1) is 11.5. The summed E-state index contributed by atoms with van der Waals surface area (Å²) in [5.74, 6) is 0.881. The van der Waals surface area contributed by atoms with Crippen LogP contribution in [0, 0.1) is 0 Å². The molecule has 0 aromatic carbocycles. The average Bonchev–Trinajstić information content (AvgIpc) is 2.20. The number of rotatable bonds is 4. The molecule has 5 heteroatoms. The second-order valence-electron chi connectivity index (χ2n) is 3.30. The van der Waals surface area contributed by atoms with Crippen molar-refractivity contribution in [2.75, 3.05) is 12.8 Å². The van der Waals surface area contributed by atoms with E-state index in [0.717, 1.165) is 6.42 Å². The Bertz CT molecular complexity index is 349. The van der Waals surface area contributed by atoms with E-state index in [4.69, 9.17) is 16.2 Å². The molecule has 4 N–H and O–H groups in total. The smallest absolute Gasteiger partial charge is 0.225 e. The molecular formula is C10H16N4O. The molecule has 1 rings (SSSR count). The van der Waals surface area contributed by atoms with Gasteiger partial charge in [-0.25, -0.2) is 9.97 Å². The van der Waals surface area contributed by atoms with Crippen molar-refractivity contribution in [3.63, 3.8) is 0 Å². The summed E-state index contributed by atoms with van der Waals surface area (Å²) in [7, 11) is 1.55. The number of aromatic nitrogens is 2. The van der Waals surface area contributed by atoms with Crippen molar-refractivity contribution in [1.29, 1.82) is 0 Å². The van der Waals surface area contributed by atoms with Crippen molar-refractivity contribution in [3.8, 4) is 5.88 Å². The zero-order chi connectivity index (χ0) is 11.3. The van der Waals surface area contributed by atoms with Crippen LogP contribution in [0.2, 0.25) is 0 Å². The first-order valence-corrected chi connectivity index (χ1v) is 4.71. The largest absolute Gasteiger partial charge is 0.480 e. The summed E-state index contributed by atoms with van der Waals surface area (Å²) in [6.07, 6.45) is 5.91. The molecule has 15 heavy (non-hydrogen) atoms. The quantitative estimate of drug-likeness (QED) is 0.764. The maximum absolute atomic E-state index is 5.70. The van der Waals surface area contributed by atoms with Crippen LogP contribution in [0.1, 0.15) is 18.9 Å². The van der Waals surface area contributed by atoms with E-state index in [9.17, 15) is 0 Å². The van der Waals surface area contributed by atoms with Crippen molar-refractivity contribution in [2.24, 2.45) is 5.73 Å². The molecule has 0 radical (unpaired) electrons. The van der Waals surface area contributed by atoms with Crippen LogP contribution in [0.3, 0.4) is 0 Å². The van der Waals surface area contributed by atoms with Crippen LogP contribution in [0.4, 0.5) is 5.82 Å². The zero-order valence-corrected chi connectivity index (χ0v) is 8.97. The number of hydrogen-bond donors (Lipinski definition) is 2. The minimum Gasteiger partial charge on any atom is -0.480 e. The van der Waals surface area contributed by atoms with E-state index in [1.54, 1.807) is 7.11 Å². The van der Waals surface area contributed by atoms with Crippen LogP contribution in [0.15, 0.2) is 12.4 Å². The SMILES string of the molecule is COc1ncnc(N)c1/C=C/C[C@H](C)N. The van der Waals surface area contributed by atoms with E-state index in [-0.39, 0.29) is 6.04 Å². The van der Waals surface area contributed by atoms with Crippen molar-refractivity contribution in [1.82, 2.24) is 9.97 Å². The van der Waals surface area contributed by atoms with Crippen LogP contribution < -0.4 is 16.2 Å². The predicted octanol–water partition coefficient (Wildman–Crippen LogP) is 0.818. The molecule has 1 atom stereocenters. The van der Waals surface area contributed by atoms with E-state index in [0.29, 0.717) is 17.3 Å². The molecule has 0 fully saturated rings. The normalized spacial score (nSPS) is 13.0. The highest BCUT2D eigenvalue weighted by atomic mass is 16.5. The van der Waals surface area contributed by atoms with Gasteiger partial charge in [0.05, 0.1) is 12.7 Å². The minimum absolute atomic E-state index is 0.123. The van der Waals surface area contributed by atoms with Gasteiger partial charge >= 0.3 is 0 Å². The molecule has 0 bridgehead atoms. The predicted molar refractivity (Wildman–Crippen MR) is 60.3 cm³/mol. The topological polar surface area (TPSA) is 87.0 Å². The second-order valence-corrected chi connectivity index (χ2v) is 3.30. The fraction of sp³-hybridized carbons (Fsp3) is 0.400. The molecule has 1 aromatic heterocycles. The Morgan fingerprint density at radius 3 is 2.87 bits per heavy atom. The van der Waals surface area contributed by atoms with Gasteiger partial charge in [-0.1, -0.05) is 6.08 Å². The molecule has 0 spiro atoms. The van der Waals surface area contributed by atoms with Crippen molar-refractivity contribution in [2.45, 2.75) is 19.4 Å². The van der Waals surface area contributed by atoms with Crippen LogP contribution in [0.25, 0.3) is 6.08 Å². The Balaban J connectivity index is 2.87. The molecule has 1 aromatic rings. The van der Waals surface area contributed by atoms with Gasteiger partial charge in [0.2, 0.25) is 5.88 Å². The van der Waals surface area contributed by atoms with Gasteiger partial charge in [0, 0.05) is 6.04 Å². The Morgan fingerprint density at radius 1 is 1.53 bits per heavy atom.